The predicted molar refractivity (Wildman–Crippen MR) is 60.8 cm³/mol. The predicted octanol–water partition coefficient (Wildman–Crippen LogP) is 1.78. The van der Waals surface area contributed by atoms with Crippen molar-refractivity contribution < 1.29 is 12.8 Å². The molecule has 0 unspecified atom stereocenters. The first-order valence-electron chi connectivity index (χ1n) is 3.57. The van der Waals surface area contributed by atoms with Gasteiger partial charge in [-0.2, -0.15) is 0 Å². The van der Waals surface area contributed by atoms with Crippen molar-refractivity contribution in [3.05, 3.63) is 33.1 Å². The molecule has 1 rings (SSSR count). The molecule has 0 saturated carbocycles. The first kappa shape index (κ1) is 11.5. The number of rotatable bonds is 0. The van der Waals surface area contributed by atoms with E-state index in [2.05, 4.69) is 5.92 Å². The lowest BCUT2D eigenvalue weighted by molar-refractivity contribution is 0.611. The Kier molecular flexibility index (Phi) is 3.50. The second kappa shape index (κ2) is 4.28. The molecular weight excluding hydrogens is 318 g/mol. The van der Waals surface area contributed by atoms with Crippen LogP contribution in [0.2, 0.25) is 0 Å². The Morgan fingerprint density at radius 1 is 1.43 bits per heavy atom. The van der Waals surface area contributed by atoms with Gasteiger partial charge in [-0.05, 0) is 40.6 Å². The summed E-state index contributed by atoms with van der Waals surface area (Å²) in [5, 5.41) is 2.00. The summed E-state index contributed by atoms with van der Waals surface area (Å²) in [4.78, 5) is 0. The number of benzene rings is 1. The molecule has 74 valence electrons. The minimum Gasteiger partial charge on any atom is -0.216 e. The molecular formula is C9H6FIO2S. The van der Waals surface area contributed by atoms with E-state index in [0.717, 1.165) is 6.26 Å². The summed E-state index contributed by atoms with van der Waals surface area (Å²) in [5.41, 5.74) is 0.124. The summed E-state index contributed by atoms with van der Waals surface area (Å²) in [6.45, 7) is 0. The van der Waals surface area contributed by atoms with Crippen molar-refractivity contribution in [3.63, 3.8) is 0 Å². The Hall–Kier alpha value is -0.610. The zero-order valence-electron chi connectivity index (χ0n) is 7.21. The van der Waals surface area contributed by atoms with Crippen LogP contribution in [0.1, 0.15) is 5.56 Å². The van der Waals surface area contributed by atoms with E-state index in [4.69, 9.17) is 0 Å². The highest BCUT2D eigenvalue weighted by Crippen LogP contribution is 2.14. The maximum atomic E-state index is 13.1. The average Bonchev–Trinajstić information content (AvgIpc) is 2.01. The van der Waals surface area contributed by atoms with Gasteiger partial charge in [-0.25, -0.2) is 12.8 Å². The second-order valence-corrected chi connectivity index (χ2v) is 5.51. The van der Waals surface area contributed by atoms with Crippen LogP contribution in [0.25, 0.3) is 0 Å². The van der Waals surface area contributed by atoms with E-state index in [1.54, 1.807) is 12.1 Å². The molecule has 2 nitrogen and oxygen atoms in total. The van der Waals surface area contributed by atoms with Gasteiger partial charge in [-0.15, -0.1) is 0 Å². The van der Waals surface area contributed by atoms with Crippen molar-refractivity contribution in [1.82, 2.24) is 0 Å². The first-order chi connectivity index (χ1) is 6.40. The van der Waals surface area contributed by atoms with Gasteiger partial charge in [0.25, 0.3) is 0 Å². The molecule has 5 heteroatoms. The molecule has 0 fully saturated rings. The molecule has 0 atom stereocenters. The van der Waals surface area contributed by atoms with Crippen molar-refractivity contribution >= 4 is 32.4 Å². The van der Waals surface area contributed by atoms with Gasteiger partial charge in [0.2, 0.25) is 9.84 Å². The van der Waals surface area contributed by atoms with E-state index in [1.165, 1.54) is 6.07 Å². The summed E-state index contributed by atoms with van der Waals surface area (Å²) in [5.74, 6) is 1.79. The third-order valence-electron chi connectivity index (χ3n) is 1.32. The van der Waals surface area contributed by atoms with Crippen LogP contribution < -0.4 is 0 Å². The quantitative estimate of drug-likeness (QED) is 0.539. The Balaban J connectivity index is 3.26. The van der Waals surface area contributed by atoms with Crippen molar-refractivity contribution in [2.45, 2.75) is 0 Å². The molecule has 14 heavy (non-hydrogen) atoms. The van der Waals surface area contributed by atoms with Gasteiger partial charge in [0, 0.05) is 8.82 Å². The lowest BCUT2D eigenvalue weighted by atomic mass is 10.2. The topological polar surface area (TPSA) is 34.1 Å². The molecule has 0 spiro atoms. The zero-order chi connectivity index (χ0) is 10.8. The maximum Gasteiger partial charge on any atom is 0.214 e. The smallest absolute Gasteiger partial charge is 0.214 e. The molecule has 1 aromatic carbocycles. The first-order valence-corrected chi connectivity index (χ1v) is 6.54. The van der Waals surface area contributed by atoms with Crippen LogP contribution >= 0.6 is 22.6 Å². The molecule has 0 heterocycles. The summed E-state index contributed by atoms with van der Waals surface area (Å²) in [7, 11) is -3.39. The minimum atomic E-state index is -3.39. The summed E-state index contributed by atoms with van der Waals surface area (Å²) >= 11 is 1.90. The van der Waals surface area contributed by atoms with Crippen LogP contribution in [0.4, 0.5) is 4.39 Å². The van der Waals surface area contributed by atoms with Crippen LogP contribution in [0.15, 0.2) is 18.2 Å². The zero-order valence-corrected chi connectivity index (χ0v) is 10.2. The van der Waals surface area contributed by atoms with Crippen molar-refractivity contribution in [1.29, 1.82) is 0 Å². The molecule has 0 aromatic heterocycles. The molecule has 0 aliphatic carbocycles. The van der Waals surface area contributed by atoms with E-state index < -0.39 is 15.7 Å². The van der Waals surface area contributed by atoms with Crippen LogP contribution in [-0.4, -0.2) is 14.7 Å². The van der Waals surface area contributed by atoms with Crippen LogP contribution in [0.3, 0.4) is 0 Å². The molecule has 0 N–H and O–H groups in total. The molecule has 0 radical (unpaired) electrons. The molecule has 1 aromatic rings. The van der Waals surface area contributed by atoms with Crippen LogP contribution in [0, 0.1) is 20.6 Å². The molecule has 0 amide bonds. The van der Waals surface area contributed by atoms with Crippen molar-refractivity contribution in [2.24, 2.45) is 0 Å². The summed E-state index contributed by atoms with van der Waals surface area (Å²) in [6, 6.07) is 4.45. The average molecular weight is 324 g/mol. The minimum absolute atomic E-state index is 0.124. The third kappa shape index (κ3) is 3.27. The lowest BCUT2D eigenvalue weighted by Crippen LogP contribution is -1.92. The van der Waals surface area contributed by atoms with Gasteiger partial charge in [0.05, 0.1) is 11.8 Å². The number of hydrogen-bond donors (Lipinski definition) is 0. The van der Waals surface area contributed by atoms with Gasteiger partial charge < -0.3 is 0 Å². The van der Waals surface area contributed by atoms with Gasteiger partial charge in [0.1, 0.15) is 5.82 Å². The molecule has 0 aliphatic heterocycles. The number of halogens is 2. The van der Waals surface area contributed by atoms with Crippen LogP contribution in [-0.2, 0) is 9.84 Å². The van der Waals surface area contributed by atoms with E-state index in [-0.39, 0.29) is 5.56 Å². The fourth-order valence-corrected chi connectivity index (χ4v) is 1.65. The second-order valence-electron chi connectivity index (χ2n) is 2.60. The number of hydrogen-bond acceptors (Lipinski definition) is 2. The highest BCUT2D eigenvalue weighted by Gasteiger charge is 2.03. The fourth-order valence-electron chi connectivity index (χ4n) is 0.761. The highest BCUT2D eigenvalue weighted by molar-refractivity contribution is 14.1. The Morgan fingerprint density at radius 2 is 2.07 bits per heavy atom. The Labute approximate surface area is 95.6 Å². The molecule has 0 saturated heterocycles. The van der Waals surface area contributed by atoms with E-state index in [0.29, 0.717) is 3.57 Å². The van der Waals surface area contributed by atoms with Gasteiger partial charge in [-0.1, -0.05) is 6.07 Å². The van der Waals surface area contributed by atoms with Gasteiger partial charge in [0.15, 0.2) is 0 Å². The van der Waals surface area contributed by atoms with E-state index in [9.17, 15) is 12.8 Å². The van der Waals surface area contributed by atoms with E-state index >= 15 is 0 Å². The Bertz CT molecular complexity index is 491. The third-order valence-corrected chi connectivity index (χ3v) is 2.70. The van der Waals surface area contributed by atoms with E-state index in [1.807, 2.05) is 27.8 Å². The molecule has 0 bridgehead atoms. The Morgan fingerprint density at radius 3 is 2.57 bits per heavy atom. The van der Waals surface area contributed by atoms with Crippen molar-refractivity contribution in [3.8, 4) is 11.2 Å². The number of sulfone groups is 1. The van der Waals surface area contributed by atoms with Gasteiger partial charge >= 0.3 is 0 Å². The lowest BCUT2D eigenvalue weighted by Gasteiger charge is -1.96. The largest absolute Gasteiger partial charge is 0.216 e. The fraction of sp³-hybridized carbons (Fsp3) is 0.111. The maximum absolute atomic E-state index is 13.1. The monoisotopic (exact) mass is 324 g/mol. The summed E-state index contributed by atoms with van der Waals surface area (Å²) in [6.07, 6.45) is 0.980. The normalized spacial score (nSPS) is 10.5. The summed E-state index contributed by atoms with van der Waals surface area (Å²) < 4.78 is 35.2. The van der Waals surface area contributed by atoms with Gasteiger partial charge in [-0.3, -0.25) is 0 Å². The molecule has 0 aliphatic rings. The van der Waals surface area contributed by atoms with Crippen molar-refractivity contribution in [2.75, 3.05) is 6.26 Å². The standard InChI is InChI=1S/C9H6FIO2S/c1-14(12,13)6-5-7-8(10)3-2-4-9(7)11/h2-4H,1H3. The van der Waals surface area contributed by atoms with Crippen LogP contribution in [0.5, 0.6) is 0 Å². The SMILES string of the molecule is CS(=O)(=O)C#Cc1c(F)cccc1I. The highest BCUT2D eigenvalue weighted by atomic mass is 127.